The predicted octanol–water partition coefficient (Wildman–Crippen LogP) is 1.32. The third-order valence-electron chi connectivity index (χ3n) is 3.80. The molecular formula is C16H17FN4O2S. The second-order valence-corrected chi connectivity index (χ2v) is 6.36. The van der Waals surface area contributed by atoms with E-state index in [9.17, 15) is 14.0 Å². The van der Waals surface area contributed by atoms with Crippen molar-refractivity contribution in [2.75, 3.05) is 18.0 Å². The van der Waals surface area contributed by atoms with E-state index in [1.54, 1.807) is 23.6 Å². The topological polar surface area (TPSA) is 88.3 Å². The molecule has 0 radical (unpaired) electrons. The standard InChI is InChI=1S/C16H17FN4O2S/c17-10-3-1-2-4-13(10)21-8-6-11(16(21)23)20-15(22)12-9-24-14(19-12)5-7-18/h1-4,9,11H,5-8,18H2,(H,20,22). The van der Waals surface area contributed by atoms with Gasteiger partial charge in [-0.15, -0.1) is 11.3 Å². The van der Waals surface area contributed by atoms with Crippen LogP contribution in [0.4, 0.5) is 10.1 Å². The quantitative estimate of drug-likeness (QED) is 0.853. The molecule has 1 fully saturated rings. The van der Waals surface area contributed by atoms with E-state index in [2.05, 4.69) is 10.3 Å². The zero-order valence-electron chi connectivity index (χ0n) is 12.9. The number of benzene rings is 1. The van der Waals surface area contributed by atoms with Crippen LogP contribution in [0.1, 0.15) is 21.9 Å². The highest BCUT2D eigenvalue weighted by atomic mass is 32.1. The van der Waals surface area contributed by atoms with Gasteiger partial charge in [0.25, 0.3) is 5.91 Å². The van der Waals surface area contributed by atoms with Crippen LogP contribution >= 0.6 is 11.3 Å². The minimum Gasteiger partial charge on any atom is -0.339 e. The number of aromatic nitrogens is 1. The van der Waals surface area contributed by atoms with Crippen molar-refractivity contribution in [3.8, 4) is 0 Å². The van der Waals surface area contributed by atoms with Crippen molar-refractivity contribution in [2.45, 2.75) is 18.9 Å². The maximum atomic E-state index is 13.8. The molecule has 1 aliphatic heterocycles. The highest BCUT2D eigenvalue weighted by molar-refractivity contribution is 7.09. The van der Waals surface area contributed by atoms with Gasteiger partial charge in [-0.25, -0.2) is 9.37 Å². The maximum absolute atomic E-state index is 13.8. The van der Waals surface area contributed by atoms with Crippen LogP contribution in [0.5, 0.6) is 0 Å². The number of nitrogens with zero attached hydrogens (tertiary/aromatic N) is 2. The lowest BCUT2D eigenvalue weighted by atomic mass is 10.2. The van der Waals surface area contributed by atoms with Crippen molar-refractivity contribution >= 4 is 28.8 Å². The van der Waals surface area contributed by atoms with Crippen LogP contribution in [0.2, 0.25) is 0 Å². The average molecular weight is 348 g/mol. The zero-order valence-corrected chi connectivity index (χ0v) is 13.7. The first-order valence-electron chi connectivity index (χ1n) is 7.61. The molecule has 8 heteroatoms. The van der Waals surface area contributed by atoms with Gasteiger partial charge in [0.15, 0.2) is 0 Å². The van der Waals surface area contributed by atoms with E-state index in [1.807, 2.05) is 0 Å². The Morgan fingerprint density at radius 2 is 2.25 bits per heavy atom. The van der Waals surface area contributed by atoms with Crippen LogP contribution in [-0.2, 0) is 11.2 Å². The smallest absolute Gasteiger partial charge is 0.271 e. The molecule has 0 aliphatic carbocycles. The van der Waals surface area contributed by atoms with Crippen molar-refractivity contribution in [1.82, 2.24) is 10.3 Å². The summed E-state index contributed by atoms with van der Waals surface area (Å²) < 4.78 is 13.8. The summed E-state index contributed by atoms with van der Waals surface area (Å²) in [5.74, 6) is -1.17. The van der Waals surface area contributed by atoms with Gasteiger partial charge in [-0.2, -0.15) is 0 Å². The second-order valence-electron chi connectivity index (χ2n) is 5.42. The van der Waals surface area contributed by atoms with Gasteiger partial charge in [-0.3, -0.25) is 9.59 Å². The summed E-state index contributed by atoms with van der Waals surface area (Å²) in [6.07, 6.45) is 1.04. The van der Waals surface area contributed by atoms with Gasteiger partial charge in [-0.1, -0.05) is 12.1 Å². The summed E-state index contributed by atoms with van der Waals surface area (Å²) in [5, 5.41) is 5.11. The molecule has 0 saturated carbocycles. The van der Waals surface area contributed by atoms with Crippen LogP contribution in [0.15, 0.2) is 29.6 Å². The summed E-state index contributed by atoms with van der Waals surface area (Å²) in [6, 6.07) is 5.43. The van der Waals surface area contributed by atoms with Crippen LogP contribution in [0.25, 0.3) is 0 Å². The molecule has 2 amide bonds. The van der Waals surface area contributed by atoms with Crippen molar-refractivity contribution in [1.29, 1.82) is 0 Å². The van der Waals surface area contributed by atoms with Gasteiger partial charge >= 0.3 is 0 Å². The average Bonchev–Trinajstić information content (AvgIpc) is 3.17. The zero-order chi connectivity index (χ0) is 17.1. The Kier molecular flexibility index (Phi) is 4.86. The van der Waals surface area contributed by atoms with E-state index < -0.39 is 17.8 Å². The fourth-order valence-corrected chi connectivity index (χ4v) is 3.40. The largest absolute Gasteiger partial charge is 0.339 e. The van der Waals surface area contributed by atoms with Gasteiger partial charge < -0.3 is 16.0 Å². The van der Waals surface area contributed by atoms with E-state index >= 15 is 0 Å². The third kappa shape index (κ3) is 3.29. The molecule has 2 heterocycles. The molecule has 1 aromatic heterocycles. The molecule has 126 valence electrons. The lowest BCUT2D eigenvalue weighted by Crippen LogP contribution is -2.41. The molecule has 1 unspecified atom stereocenters. The van der Waals surface area contributed by atoms with E-state index in [0.717, 1.165) is 5.01 Å². The van der Waals surface area contributed by atoms with E-state index in [1.165, 1.54) is 22.3 Å². The Balaban J connectivity index is 1.67. The molecule has 0 spiro atoms. The third-order valence-corrected chi connectivity index (χ3v) is 4.71. The highest BCUT2D eigenvalue weighted by Gasteiger charge is 2.35. The van der Waals surface area contributed by atoms with Gasteiger partial charge in [0.05, 0.1) is 10.7 Å². The lowest BCUT2D eigenvalue weighted by Gasteiger charge is -2.17. The summed E-state index contributed by atoms with van der Waals surface area (Å²) in [7, 11) is 0. The molecule has 1 atom stereocenters. The number of carbonyl (C=O) groups excluding carboxylic acids is 2. The first-order chi connectivity index (χ1) is 11.6. The lowest BCUT2D eigenvalue weighted by molar-refractivity contribution is -0.118. The first kappa shape index (κ1) is 16.5. The van der Waals surface area contributed by atoms with Gasteiger partial charge in [0.2, 0.25) is 5.91 Å². The van der Waals surface area contributed by atoms with Crippen LogP contribution in [0.3, 0.4) is 0 Å². The molecule has 0 bridgehead atoms. The number of nitrogens with two attached hydrogens (primary N) is 1. The number of hydrogen-bond donors (Lipinski definition) is 2. The Bertz CT molecular complexity index is 764. The van der Waals surface area contributed by atoms with Crippen molar-refractivity contribution in [2.24, 2.45) is 5.73 Å². The van der Waals surface area contributed by atoms with E-state index in [0.29, 0.717) is 25.9 Å². The number of hydrogen-bond acceptors (Lipinski definition) is 5. The molecule has 2 aromatic rings. The number of rotatable bonds is 5. The van der Waals surface area contributed by atoms with Crippen LogP contribution in [-0.4, -0.2) is 35.9 Å². The fourth-order valence-electron chi connectivity index (χ4n) is 2.61. The van der Waals surface area contributed by atoms with Crippen LogP contribution < -0.4 is 16.0 Å². The Hall–Kier alpha value is -2.32. The molecule has 3 N–H and O–H groups in total. The summed E-state index contributed by atoms with van der Waals surface area (Å²) in [4.78, 5) is 30.2. The normalized spacial score (nSPS) is 17.3. The predicted molar refractivity (Wildman–Crippen MR) is 89.5 cm³/mol. The number of thiazole rings is 1. The van der Waals surface area contributed by atoms with Gasteiger partial charge in [0, 0.05) is 18.3 Å². The molecule has 1 aromatic carbocycles. The number of halogens is 1. The Morgan fingerprint density at radius 3 is 3.00 bits per heavy atom. The molecule has 6 nitrogen and oxygen atoms in total. The van der Waals surface area contributed by atoms with Gasteiger partial charge in [-0.05, 0) is 25.1 Å². The summed E-state index contributed by atoms with van der Waals surface area (Å²) in [6.45, 7) is 0.827. The number of anilines is 1. The second kappa shape index (κ2) is 7.06. The Morgan fingerprint density at radius 1 is 1.46 bits per heavy atom. The monoisotopic (exact) mass is 348 g/mol. The Labute approximate surface area is 142 Å². The minimum atomic E-state index is -0.670. The molecule has 3 rings (SSSR count). The van der Waals surface area contributed by atoms with E-state index in [4.69, 9.17) is 5.73 Å². The minimum absolute atomic E-state index is 0.234. The molecule has 1 aliphatic rings. The number of amides is 2. The SMILES string of the molecule is NCCc1nc(C(=O)NC2CCN(c3ccccc3F)C2=O)cs1. The summed E-state index contributed by atoms with van der Waals surface area (Å²) >= 11 is 1.36. The van der Waals surface area contributed by atoms with Crippen molar-refractivity contribution in [3.63, 3.8) is 0 Å². The maximum Gasteiger partial charge on any atom is 0.271 e. The van der Waals surface area contributed by atoms with Crippen LogP contribution in [0, 0.1) is 5.82 Å². The number of nitrogens with one attached hydrogen (secondary N) is 1. The highest BCUT2D eigenvalue weighted by Crippen LogP contribution is 2.24. The number of carbonyl (C=O) groups is 2. The number of para-hydroxylation sites is 1. The first-order valence-corrected chi connectivity index (χ1v) is 8.49. The molecular weight excluding hydrogens is 331 g/mol. The van der Waals surface area contributed by atoms with Crippen molar-refractivity contribution in [3.05, 3.63) is 46.2 Å². The molecule has 1 saturated heterocycles. The fraction of sp³-hybridized carbons (Fsp3) is 0.312. The molecule has 24 heavy (non-hydrogen) atoms. The summed E-state index contributed by atoms with van der Waals surface area (Å²) in [5.41, 5.74) is 5.98. The van der Waals surface area contributed by atoms with Gasteiger partial charge in [0.1, 0.15) is 17.6 Å². The van der Waals surface area contributed by atoms with Crippen molar-refractivity contribution < 1.29 is 14.0 Å². The van der Waals surface area contributed by atoms with E-state index in [-0.39, 0.29) is 17.3 Å².